The van der Waals surface area contributed by atoms with E-state index >= 15 is 0 Å². The zero-order valence-corrected chi connectivity index (χ0v) is 20.8. The Balaban J connectivity index is 1.66. The van der Waals surface area contributed by atoms with Gasteiger partial charge in [0.2, 0.25) is 18.3 Å². The Morgan fingerprint density at radius 2 is 1.45 bits per heavy atom. The molecule has 8 heteroatoms. The maximum absolute atomic E-state index is 13.7. The Morgan fingerprint density at radius 1 is 0.879 bits per heavy atom. The molecule has 3 aromatic rings. The molecule has 0 saturated heterocycles. The van der Waals surface area contributed by atoms with Gasteiger partial charge >= 0.3 is 0 Å². The minimum atomic E-state index is -3.92. The summed E-state index contributed by atoms with van der Waals surface area (Å²) in [5.74, 6) is -0.448. The van der Waals surface area contributed by atoms with Gasteiger partial charge in [0.1, 0.15) is 6.04 Å². The molecule has 1 heterocycles. The number of fused-ring (bicyclic) bond motifs is 1. The van der Waals surface area contributed by atoms with Crippen LogP contribution in [0.25, 0.3) is 11.1 Å². The van der Waals surface area contributed by atoms with Gasteiger partial charge in [-0.15, -0.1) is 0 Å². The summed E-state index contributed by atoms with van der Waals surface area (Å²) < 4.78 is 34.2. The van der Waals surface area contributed by atoms with Gasteiger partial charge in [-0.05, 0) is 60.4 Å². The van der Waals surface area contributed by atoms with Crippen LogP contribution in [0.3, 0.4) is 0 Å². The SMILES string of the molecule is C[Si](C)(C)ONC(=O)[C@H]1Cc2ccccc2CN1S(=O)(=O)c1ccc(-c2ccccc2)cc1. The molecule has 0 bridgehead atoms. The number of rotatable bonds is 6. The van der Waals surface area contributed by atoms with Crippen molar-refractivity contribution < 1.29 is 17.7 Å². The van der Waals surface area contributed by atoms with Crippen LogP contribution >= 0.6 is 0 Å². The first-order valence-electron chi connectivity index (χ1n) is 10.9. The lowest BCUT2D eigenvalue weighted by molar-refractivity contribution is -0.132. The summed E-state index contributed by atoms with van der Waals surface area (Å²) in [4.78, 5) is 13.2. The van der Waals surface area contributed by atoms with E-state index in [2.05, 4.69) is 5.48 Å². The predicted octanol–water partition coefficient (Wildman–Crippen LogP) is 4.35. The largest absolute Gasteiger partial charge is 0.320 e. The molecule has 0 unspecified atom stereocenters. The van der Waals surface area contributed by atoms with Gasteiger partial charge in [-0.25, -0.2) is 13.9 Å². The van der Waals surface area contributed by atoms with Crippen LogP contribution in [0.15, 0.2) is 83.8 Å². The molecule has 172 valence electrons. The van der Waals surface area contributed by atoms with Gasteiger partial charge in [-0.2, -0.15) is 4.31 Å². The molecule has 1 N–H and O–H groups in total. The summed E-state index contributed by atoms with van der Waals surface area (Å²) in [5, 5.41) is 0. The van der Waals surface area contributed by atoms with Gasteiger partial charge in [0.25, 0.3) is 5.91 Å². The smallest absolute Gasteiger partial charge is 0.261 e. The number of hydrogen-bond acceptors (Lipinski definition) is 4. The van der Waals surface area contributed by atoms with E-state index in [-0.39, 0.29) is 11.4 Å². The summed E-state index contributed by atoms with van der Waals surface area (Å²) in [6.45, 7) is 5.98. The van der Waals surface area contributed by atoms with Crippen molar-refractivity contribution in [3.05, 3.63) is 90.0 Å². The van der Waals surface area contributed by atoms with Crippen molar-refractivity contribution in [3.8, 4) is 11.1 Å². The molecule has 1 aliphatic heterocycles. The van der Waals surface area contributed by atoms with E-state index in [9.17, 15) is 13.2 Å². The summed E-state index contributed by atoms with van der Waals surface area (Å²) >= 11 is 0. The molecule has 3 aromatic carbocycles. The van der Waals surface area contributed by atoms with E-state index in [0.29, 0.717) is 6.42 Å². The summed E-state index contributed by atoms with van der Waals surface area (Å²) in [6, 6.07) is 23.3. The fourth-order valence-corrected chi connectivity index (χ4v) is 5.80. The maximum Gasteiger partial charge on any atom is 0.261 e. The van der Waals surface area contributed by atoms with Crippen molar-refractivity contribution >= 4 is 24.2 Å². The lowest BCUT2D eigenvalue weighted by Gasteiger charge is -2.35. The Kier molecular flexibility index (Phi) is 6.53. The highest BCUT2D eigenvalue weighted by Gasteiger charge is 2.40. The maximum atomic E-state index is 13.7. The van der Waals surface area contributed by atoms with Crippen molar-refractivity contribution in [2.24, 2.45) is 0 Å². The number of benzene rings is 3. The van der Waals surface area contributed by atoms with Crippen LogP contribution in [0.4, 0.5) is 0 Å². The second-order valence-electron chi connectivity index (χ2n) is 9.11. The van der Waals surface area contributed by atoms with E-state index in [0.717, 1.165) is 22.3 Å². The molecule has 1 aliphatic rings. The Morgan fingerprint density at radius 3 is 2.09 bits per heavy atom. The number of hydrogen-bond donors (Lipinski definition) is 1. The molecular formula is C25H28N2O4SSi. The first-order chi connectivity index (χ1) is 15.6. The summed E-state index contributed by atoms with van der Waals surface area (Å²) in [7, 11) is -5.95. The summed E-state index contributed by atoms with van der Waals surface area (Å²) in [6.07, 6.45) is 0.290. The highest BCUT2D eigenvalue weighted by atomic mass is 32.2. The number of carbonyl (C=O) groups excluding carboxylic acids is 1. The molecule has 1 amide bonds. The van der Waals surface area contributed by atoms with E-state index in [1.54, 1.807) is 24.3 Å². The lowest BCUT2D eigenvalue weighted by atomic mass is 9.95. The fourth-order valence-electron chi connectivity index (χ4n) is 3.83. The van der Waals surface area contributed by atoms with Crippen LogP contribution in [0.5, 0.6) is 0 Å². The van der Waals surface area contributed by atoms with Crippen LogP contribution in [0.1, 0.15) is 11.1 Å². The zero-order chi connectivity index (χ0) is 23.6. The quantitative estimate of drug-likeness (QED) is 0.420. The van der Waals surface area contributed by atoms with Crippen molar-refractivity contribution in [1.82, 2.24) is 9.79 Å². The van der Waals surface area contributed by atoms with Gasteiger partial charge in [-0.3, -0.25) is 4.79 Å². The average Bonchev–Trinajstić information content (AvgIpc) is 2.82. The molecule has 0 fully saturated rings. The number of nitrogens with zero attached hydrogens (tertiary/aromatic N) is 1. The van der Waals surface area contributed by atoms with Crippen LogP contribution in [-0.4, -0.2) is 33.0 Å². The first-order valence-corrected chi connectivity index (χ1v) is 15.7. The fraction of sp³-hybridized carbons (Fsp3) is 0.240. The number of carbonyl (C=O) groups is 1. The number of nitrogens with one attached hydrogen (secondary N) is 1. The lowest BCUT2D eigenvalue weighted by Crippen LogP contribution is -2.53. The molecule has 0 radical (unpaired) electrons. The van der Waals surface area contributed by atoms with E-state index in [4.69, 9.17) is 4.53 Å². The molecular weight excluding hydrogens is 452 g/mol. The normalized spacial score (nSPS) is 16.8. The number of amides is 1. The van der Waals surface area contributed by atoms with E-state index in [1.165, 1.54) is 4.31 Å². The van der Waals surface area contributed by atoms with Crippen molar-refractivity contribution in [1.29, 1.82) is 0 Å². The first kappa shape index (κ1) is 23.4. The third kappa shape index (κ3) is 5.25. The number of sulfonamides is 1. The van der Waals surface area contributed by atoms with E-state index < -0.39 is 30.3 Å². The van der Waals surface area contributed by atoms with E-state index in [1.807, 2.05) is 74.2 Å². The topological polar surface area (TPSA) is 75.7 Å². The molecule has 0 aromatic heterocycles. The second kappa shape index (κ2) is 9.22. The molecule has 33 heavy (non-hydrogen) atoms. The number of hydroxylamine groups is 1. The van der Waals surface area contributed by atoms with Crippen LogP contribution in [0, 0.1) is 0 Å². The Bertz CT molecular complexity index is 1240. The van der Waals surface area contributed by atoms with Crippen molar-refractivity contribution in [2.75, 3.05) is 0 Å². The standard InChI is InChI=1S/C25H28N2O4SSi/c1-33(2,3)31-26-25(28)24-17-21-11-7-8-12-22(21)18-27(24)32(29,30)23-15-13-20(14-16-23)19-9-5-4-6-10-19/h4-16,24H,17-18H2,1-3H3,(H,26,28)/t24-/m1/s1. The second-order valence-corrected chi connectivity index (χ2v) is 15.4. The molecule has 0 aliphatic carbocycles. The monoisotopic (exact) mass is 480 g/mol. The third-order valence-electron chi connectivity index (χ3n) is 5.53. The van der Waals surface area contributed by atoms with Crippen LogP contribution in [-0.2, 0) is 32.3 Å². The third-order valence-corrected chi connectivity index (χ3v) is 8.12. The van der Waals surface area contributed by atoms with Crippen LogP contribution in [0.2, 0.25) is 19.6 Å². The highest BCUT2D eigenvalue weighted by molar-refractivity contribution is 7.89. The minimum Gasteiger partial charge on any atom is -0.320 e. The summed E-state index contributed by atoms with van der Waals surface area (Å²) in [5.41, 5.74) is 6.33. The van der Waals surface area contributed by atoms with Crippen LogP contribution < -0.4 is 5.48 Å². The molecule has 1 atom stereocenters. The van der Waals surface area contributed by atoms with Gasteiger partial charge in [-0.1, -0.05) is 66.7 Å². The van der Waals surface area contributed by atoms with Gasteiger partial charge in [0.15, 0.2) is 0 Å². The van der Waals surface area contributed by atoms with Crippen molar-refractivity contribution in [3.63, 3.8) is 0 Å². The molecule has 6 nitrogen and oxygen atoms in total. The molecule has 4 rings (SSSR count). The highest BCUT2D eigenvalue weighted by Crippen LogP contribution is 2.30. The Hall–Kier alpha value is -2.78. The molecule has 0 saturated carbocycles. The van der Waals surface area contributed by atoms with Gasteiger partial charge in [0.05, 0.1) is 4.90 Å². The minimum absolute atomic E-state index is 0.129. The zero-order valence-electron chi connectivity index (χ0n) is 19.0. The molecule has 0 spiro atoms. The predicted molar refractivity (Wildman–Crippen MR) is 131 cm³/mol. The van der Waals surface area contributed by atoms with Gasteiger partial charge in [0, 0.05) is 6.54 Å². The van der Waals surface area contributed by atoms with Crippen molar-refractivity contribution in [2.45, 2.75) is 43.5 Å². The van der Waals surface area contributed by atoms with Gasteiger partial charge < -0.3 is 4.53 Å². The average molecular weight is 481 g/mol. The Labute approximate surface area is 196 Å².